The van der Waals surface area contributed by atoms with Crippen LogP contribution in [0.3, 0.4) is 0 Å². The van der Waals surface area contributed by atoms with Crippen molar-refractivity contribution in [3.8, 4) is 34.2 Å². The number of hydrogen-bond donors (Lipinski definition) is 3. The van der Waals surface area contributed by atoms with Crippen molar-refractivity contribution in [3.05, 3.63) is 199 Å². The van der Waals surface area contributed by atoms with Gasteiger partial charge >= 0.3 is 24.8 Å². The van der Waals surface area contributed by atoms with Crippen LogP contribution in [0.15, 0.2) is 153 Å². The number of thiol groups is 1. The molecule has 1 radical (unpaired) electrons. The Morgan fingerprint density at radius 3 is 1.64 bits per heavy atom. The van der Waals surface area contributed by atoms with Crippen LogP contribution in [0.25, 0.3) is 62.3 Å². The van der Waals surface area contributed by atoms with Gasteiger partial charge in [-0.3, -0.25) is 15.0 Å². The molecule has 18 nitrogen and oxygen atoms in total. The Kier molecular flexibility index (Phi) is 17.5. The molecule has 2 aromatic carbocycles. The van der Waals surface area contributed by atoms with Crippen LogP contribution >= 0.6 is 67.9 Å². The van der Waals surface area contributed by atoms with Crippen LogP contribution in [-0.2, 0) is 12.8 Å². The van der Waals surface area contributed by atoms with Crippen LogP contribution in [0.5, 0.6) is 0 Å². The molecule has 4 aliphatic carbocycles. The van der Waals surface area contributed by atoms with E-state index in [4.69, 9.17) is 28.9 Å². The number of aromatic nitrogens is 15. The summed E-state index contributed by atoms with van der Waals surface area (Å²) < 4.78 is 48.5. The molecule has 0 spiro atoms. The molecule has 27 heteroatoms. The molecular formula is C56H43BBr2Cl2F3N18S. The van der Waals surface area contributed by atoms with Gasteiger partial charge in [0.1, 0.15) is 17.5 Å². The Morgan fingerprint density at radius 2 is 1.07 bits per heavy atom. The molecule has 2 atom stereocenters. The van der Waals surface area contributed by atoms with Gasteiger partial charge in [0, 0.05) is 53.4 Å². The second kappa shape index (κ2) is 25.4. The van der Waals surface area contributed by atoms with Crippen molar-refractivity contribution in [2.45, 2.75) is 63.5 Å². The van der Waals surface area contributed by atoms with E-state index in [1.54, 1.807) is 52.1 Å². The van der Waals surface area contributed by atoms with Crippen LogP contribution in [0.4, 0.5) is 19.1 Å². The number of allylic oxidation sites excluding steroid dienone is 2. The summed E-state index contributed by atoms with van der Waals surface area (Å²) in [6, 6.07) is 23.7. The van der Waals surface area contributed by atoms with Gasteiger partial charge in [-0.25, -0.2) is 28.1 Å². The van der Waals surface area contributed by atoms with Crippen molar-refractivity contribution in [2.24, 2.45) is 10.0 Å². The number of hydrogen-bond acceptors (Lipinski definition) is 16. The molecule has 15 rings (SSSR count). The number of anilines is 1. The molecular weight excluding hydrogens is 1260 g/mol. The summed E-state index contributed by atoms with van der Waals surface area (Å²) in [5.41, 5.74) is 21.1. The number of rotatable bonds is 5. The van der Waals surface area contributed by atoms with Gasteiger partial charge in [-0.15, -0.1) is 0 Å². The standard InChI is InChI=1S/C23H18BrFN6.C13H15N.C10H4BrClFN5.C10H5ClFN5.BHNS/c24-20-12-27-31-22(20)29-21(15-8-16(25)11-26-10-15)30-23(31)28-17-6-5-14-7-13-3-1-2-4-18(13)19(14)9-17;14-11-6-5-10-7-9-3-1-2-4-12(9)13(10)8-11;11-7-4-15-18-9(7)16-8(17-10(18)12)5-1-6(13)3-14-2-5;11-10-16-9(6-3-7(12)5-13-4-6)15-8-1-2-14-17(8)10;1-2-3/h1-4,8,10-12,17H,5-7,9H2,(H,28,29,30);1-4,11H,5-8,14H2;1-4H;1-5H;3H/t17-;11-;;;/m11.../s1. The van der Waals surface area contributed by atoms with Crippen LogP contribution in [0.2, 0.25) is 10.6 Å². The normalized spacial score (nSPS) is 15.6. The van der Waals surface area contributed by atoms with E-state index in [-0.39, 0.29) is 16.6 Å². The Balaban J connectivity index is 0.000000120. The molecule has 9 heterocycles. The molecule has 0 unspecified atom stereocenters. The van der Waals surface area contributed by atoms with E-state index < -0.39 is 17.5 Å². The number of nitrogens with zero attached hydrogens (tertiary/aromatic N) is 16. The fraction of sp³-hybridized carbons (Fsp3) is 0.179. The molecule has 0 aliphatic heterocycles. The van der Waals surface area contributed by atoms with Crippen LogP contribution in [-0.4, -0.2) is 93.4 Å². The third-order valence-corrected chi connectivity index (χ3v) is 15.5. The predicted molar refractivity (Wildman–Crippen MR) is 322 cm³/mol. The van der Waals surface area contributed by atoms with Crippen molar-refractivity contribution < 1.29 is 13.2 Å². The first kappa shape index (κ1) is 57.2. The molecule has 0 fully saturated rings. The van der Waals surface area contributed by atoms with E-state index in [0.717, 1.165) is 49.0 Å². The molecule has 0 bridgehead atoms. The molecule has 3 N–H and O–H groups in total. The zero-order valence-corrected chi connectivity index (χ0v) is 48.9. The first-order chi connectivity index (χ1) is 40.3. The van der Waals surface area contributed by atoms with Crippen molar-refractivity contribution >= 4 is 110 Å². The van der Waals surface area contributed by atoms with Crippen LogP contribution < -0.4 is 11.1 Å². The molecule has 4 aliphatic rings. The topological polar surface area (TPSA) is 218 Å². The second-order valence-corrected chi connectivity index (χ2v) is 21.9. The maximum atomic E-state index is 13.7. The van der Waals surface area contributed by atoms with Crippen LogP contribution in [0.1, 0.15) is 60.8 Å². The number of benzene rings is 2. The van der Waals surface area contributed by atoms with Crippen molar-refractivity contribution in [3.63, 3.8) is 0 Å². The van der Waals surface area contributed by atoms with Crippen molar-refractivity contribution in [2.75, 3.05) is 5.32 Å². The summed E-state index contributed by atoms with van der Waals surface area (Å²) in [6.07, 6.45) is 21.5. The molecule has 415 valence electrons. The monoisotopic (exact) mass is 1300 g/mol. The first-order valence-electron chi connectivity index (χ1n) is 25.6. The van der Waals surface area contributed by atoms with E-state index in [0.29, 0.717) is 67.6 Å². The van der Waals surface area contributed by atoms with Gasteiger partial charge in [0.15, 0.2) is 34.4 Å². The van der Waals surface area contributed by atoms with E-state index in [9.17, 15) is 13.2 Å². The van der Waals surface area contributed by atoms with Gasteiger partial charge in [-0.05, 0) is 158 Å². The zero-order valence-electron chi connectivity index (χ0n) is 43.3. The molecule has 0 saturated carbocycles. The van der Waals surface area contributed by atoms with E-state index in [1.165, 1.54) is 92.9 Å². The number of pyridine rings is 3. The van der Waals surface area contributed by atoms with E-state index in [1.807, 2.05) is 0 Å². The zero-order chi connectivity index (χ0) is 57.7. The molecule has 0 amide bonds. The molecule has 11 aromatic rings. The van der Waals surface area contributed by atoms with Crippen molar-refractivity contribution in [1.82, 2.24) is 73.7 Å². The van der Waals surface area contributed by atoms with Crippen molar-refractivity contribution in [1.29, 1.82) is 0 Å². The quantitative estimate of drug-likeness (QED) is 0.108. The van der Waals surface area contributed by atoms with Gasteiger partial charge < -0.3 is 11.1 Å². The predicted octanol–water partition coefficient (Wildman–Crippen LogP) is 12.5. The summed E-state index contributed by atoms with van der Waals surface area (Å²) in [6.45, 7) is 0. The number of fused-ring (bicyclic) bond motifs is 7. The third kappa shape index (κ3) is 12.8. The summed E-state index contributed by atoms with van der Waals surface area (Å²) in [4.78, 5) is 37.2. The summed E-state index contributed by atoms with van der Waals surface area (Å²) in [7, 11) is 4.34. The SMILES string of the molecule is Fc1cncc(-c2nc(Cl)n3ncc(Br)c3n2)c1.Fc1cncc(-c2nc(Cl)n3nccc3n2)c1.Fc1cncc(-c2nc(N[C@@H]3CCC4=C(C3)c3ccccc3C4)n3ncc(Br)c3n2)c1.N[C@@H]1CCC2=C(C1)c1ccccc1C2.[B]=NS. The number of nitrogens with one attached hydrogen (secondary N) is 1. The fourth-order valence-electron chi connectivity index (χ4n) is 10.2. The van der Waals surface area contributed by atoms with Gasteiger partial charge in [0.2, 0.25) is 16.5 Å². The van der Waals surface area contributed by atoms with Gasteiger partial charge in [0.05, 0.1) is 46.1 Å². The van der Waals surface area contributed by atoms with E-state index >= 15 is 0 Å². The fourth-order valence-corrected chi connectivity index (χ4v) is 11.4. The van der Waals surface area contributed by atoms with Gasteiger partial charge in [-0.2, -0.15) is 43.8 Å². The Hall–Kier alpha value is -7.68. The average molecular weight is 1300 g/mol. The summed E-state index contributed by atoms with van der Waals surface area (Å²) >= 11 is 21.9. The summed E-state index contributed by atoms with van der Waals surface area (Å²) in [5, 5.41) is 16.2. The maximum absolute atomic E-state index is 13.7. The molecule has 0 saturated heterocycles. The Morgan fingerprint density at radius 1 is 0.590 bits per heavy atom. The average Bonchev–Trinajstić information content (AvgIpc) is 4.50. The second-order valence-electron chi connectivity index (χ2n) is 19.3. The Bertz CT molecular complexity index is 4320. The van der Waals surface area contributed by atoms with E-state index in [2.05, 4.69) is 171 Å². The van der Waals surface area contributed by atoms with Crippen LogP contribution in [0, 0.1) is 17.5 Å². The third-order valence-electron chi connectivity index (χ3n) is 13.9. The minimum atomic E-state index is -0.459. The van der Waals surface area contributed by atoms with Gasteiger partial charge in [0.25, 0.3) is 0 Å². The molecule has 83 heavy (non-hydrogen) atoms. The number of nitrogens with two attached hydrogens (primary N) is 1. The number of halogens is 7. The first-order valence-corrected chi connectivity index (χ1v) is 28.4. The Labute approximate surface area is 505 Å². The summed E-state index contributed by atoms with van der Waals surface area (Å²) in [5.74, 6) is 0.279. The molecule has 9 aromatic heterocycles. The minimum absolute atomic E-state index is 0.143. The van der Waals surface area contributed by atoms with Gasteiger partial charge in [-0.1, -0.05) is 59.7 Å².